The van der Waals surface area contributed by atoms with Crippen LogP contribution in [-0.4, -0.2) is 20.7 Å². The second-order valence-electron chi connectivity index (χ2n) is 3.77. The SMILES string of the molecule is O=C(O)c1c(C(F)(F)F)nn2cc(C(F)(F)F)ccc12. The van der Waals surface area contributed by atoms with Crippen LogP contribution in [0.1, 0.15) is 21.6 Å². The number of carbonyl (C=O) groups is 1. The van der Waals surface area contributed by atoms with Crippen molar-refractivity contribution in [1.82, 2.24) is 9.61 Å². The quantitative estimate of drug-likeness (QED) is 0.823. The normalized spacial score (nSPS) is 12.9. The predicted molar refractivity (Wildman–Crippen MR) is 52.2 cm³/mol. The third-order valence-corrected chi connectivity index (χ3v) is 2.44. The van der Waals surface area contributed by atoms with Gasteiger partial charge in [0.05, 0.1) is 11.1 Å². The number of halogens is 6. The summed E-state index contributed by atoms with van der Waals surface area (Å²) < 4.78 is 75.4. The van der Waals surface area contributed by atoms with Crippen molar-refractivity contribution in [2.75, 3.05) is 0 Å². The van der Waals surface area contributed by atoms with E-state index in [1.54, 1.807) is 0 Å². The first-order valence-electron chi connectivity index (χ1n) is 4.92. The van der Waals surface area contributed by atoms with E-state index in [-0.39, 0.29) is 4.52 Å². The fourth-order valence-electron chi connectivity index (χ4n) is 1.63. The molecule has 20 heavy (non-hydrogen) atoms. The van der Waals surface area contributed by atoms with Gasteiger partial charge in [-0.25, -0.2) is 9.31 Å². The minimum atomic E-state index is -5.09. The summed E-state index contributed by atoms with van der Waals surface area (Å²) in [5.74, 6) is -1.92. The van der Waals surface area contributed by atoms with Gasteiger partial charge in [0.1, 0.15) is 5.56 Å². The van der Waals surface area contributed by atoms with Crippen LogP contribution in [0.15, 0.2) is 18.3 Å². The standard InChI is InChI=1S/C10H4F6N2O2/c11-9(12,13)4-1-2-5-6(8(19)20)7(10(14,15)16)17-18(5)3-4/h1-3H,(H,19,20). The van der Waals surface area contributed by atoms with Gasteiger partial charge >= 0.3 is 18.3 Å². The fourth-order valence-corrected chi connectivity index (χ4v) is 1.63. The Balaban J connectivity index is 2.78. The number of aromatic nitrogens is 2. The van der Waals surface area contributed by atoms with Gasteiger partial charge in [0.2, 0.25) is 0 Å². The van der Waals surface area contributed by atoms with Crippen molar-refractivity contribution in [2.45, 2.75) is 12.4 Å². The molecule has 2 rings (SSSR count). The second-order valence-corrected chi connectivity index (χ2v) is 3.77. The minimum absolute atomic E-state index is 0.259. The number of alkyl halides is 6. The Morgan fingerprint density at radius 1 is 1.10 bits per heavy atom. The zero-order valence-electron chi connectivity index (χ0n) is 9.25. The number of rotatable bonds is 1. The predicted octanol–water partition coefficient (Wildman–Crippen LogP) is 3.07. The van der Waals surface area contributed by atoms with Crippen LogP contribution in [0.5, 0.6) is 0 Å². The summed E-state index contributed by atoms with van der Waals surface area (Å²) in [5, 5.41) is 11.7. The Morgan fingerprint density at radius 2 is 1.70 bits per heavy atom. The molecule has 0 aromatic carbocycles. The molecule has 0 aliphatic carbocycles. The van der Waals surface area contributed by atoms with Gasteiger partial charge in [-0.1, -0.05) is 0 Å². The smallest absolute Gasteiger partial charge is 0.436 e. The summed E-state index contributed by atoms with van der Waals surface area (Å²) >= 11 is 0. The lowest BCUT2D eigenvalue weighted by molar-refractivity contribution is -0.141. The van der Waals surface area contributed by atoms with Gasteiger partial charge < -0.3 is 5.11 Å². The summed E-state index contributed by atoms with van der Waals surface area (Å²) in [6, 6.07) is 1.12. The Morgan fingerprint density at radius 3 is 2.15 bits per heavy atom. The van der Waals surface area contributed by atoms with E-state index in [1.807, 2.05) is 0 Å². The molecule has 2 aromatic rings. The van der Waals surface area contributed by atoms with Crippen molar-refractivity contribution >= 4 is 11.5 Å². The summed E-state index contributed by atoms with van der Waals surface area (Å²) in [6.45, 7) is 0. The lowest BCUT2D eigenvalue weighted by Crippen LogP contribution is -2.12. The first-order valence-corrected chi connectivity index (χ1v) is 4.92. The van der Waals surface area contributed by atoms with E-state index < -0.39 is 40.7 Å². The molecule has 0 bridgehead atoms. The number of hydrogen-bond acceptors (Lipinski definition) is 2. The highest BCUT2D eigenvalue weighted by Gasteiger charge is 2.41. The molecule has 0 unspecified atom stereocenters. The molecule has 1 N–H and O–H groups in total. The molecule has 0 radical (unpaired) electrons. The van der Waals surface area contributed by atoms with Gasteiger partial charge in [0.25, 0.3) is 0 Å². The highest BCUT2D eigenvalue weighted by molar-refractivity contribution is 5.97. The highest BCUT2D eigenvalue weighted by atomic mass is 19.4. The van der Waals surface area contributed by atoms with Crippen molar-refractivity contribution in [2.24, 2.45) is 0 Å². The minimum Gasteiger partial charge on any atom is -0.478 e. The Bertz CT molecular complexity index is 685. The van der Waals surface area contributed by atoms with Crippen LogP contribution >= 0.6 is 0 Å². The van der Waals surface area contributed by atoms with Crippen molar-refractivity contribution in [3.63, 3.8) is 0 Å². The molecule has 0 spiro atoms. The van der Waals surface area contributed by atoms with Gasteiger partial charge in [-0.3, -0.25) is 0 Å². The maximum atomic E-state index is 12.6. The first kappa shape index (κ1) is 14.2. The van der Waals surface area contributed by atoms with E-state index >= 15 is 0 Å². The van der Waals surface area contributed by atoms with Crippen LogP contribution in [0.2, 0.25) is 0 Å². The summed E-state index contributed by atoms with van der Waals surface area (Å²) in [5.41, 5.74) is -4.74. The number of pyridine rings is 1. The number of nitrogens with zero attached hydrogens (tertiary/aromatic N) is 2. The molecule has 2 aromatic heterocycles. The zero-order valence-corrected chi connectivity index (χ0v) is 9.25. The number of hydrogen-bond donors (Lipinski definition) is 1. The summed E-state index contributed by atoms with van der Waals surface area (Å²) in [7, 11) is 0. The highest BCUT2D eigenvalue weighted by Crippen LogP contribution is 2.34. The summed E-state index contributed by atoms with van der Waals surface area (Å²) in [6.07, 6.45) is -9.56. The Hall–Kier alpha value is -2.26. The third-order valence-electron chi connectivity index (χ3n) is 2.44. The molecule has 0 aliphatic rings. The van der Waals surface area contributed by atoms with Crippen LogP contribution in [0, 0.1) is 0 Å². The lowest BCUT2D eigenvalue weighted by Gasteiger charge is -2.06. The fraction of sp³-hybridized carbons (Fsp3) is 0.200. The van der Waals surface area contributed by atoms with E-state index in [1.165, 1.54) is 0 Å². The Kier molecular flexibility index (Phi) is 2.91. The van der Waals surface area contributed by atoms with Crippen molar-refractivity contribution in [3.05, 3.63) is 35.2 Å². The van der Waals surface area contributed by atoms with Crippen molar-refractivity contribution < 1.29 is 36.2 Å². The van der Waals surface area contributed by atoms with Crippen molar-refractivity contribution in [3.8, 4) is 0 Å². The maximum Gasteiger partial charge on any atom is 0.436 e. The molecule has 10 heteroatoms. The number of fused-ring (bicyclic) bond motifs is 1. The first-order chi connectivity index (χ1) is 9.01. The maximum absolute atomic E-state index is 12.6. The summed E-state index contributed by atoms with van der Waals surface area (Å²) in [4.78, 5) is 10.8. The monoisotopic (exact) mass is 298 g/mol. The molecule has 0 saturated heterocycles. The Labute approximate surface area is 106 Å². The van der Waals surface area contributed by atoms with Crippen LogP contribution < -0.4 is 0 Å². The van der Waals surface area contributed by atoms with E-state index in [0.29, 0.717) is 18.3 Å². The van der Waals surface area contributed by atoms with Gasteiger partial charge in [0.15, 0.2) is 5.69 Å². The molecule has 0 atom stereocenters. The van der Waals surface area contributed by atoms with Gasteiger partial charge in [-0.15, -0.1) is 0 Å². The molecular formula is C10H4F6N2O2. The molecule has 0 saturated carbocycles. The van der Waals surface area contributed by atoms with Crippen LogP contribution in [0.3, 0.4) is 0 Å². The van der Waals surface area contributed by atoms with Crippen LogP contribution in [-0.2, 0) is 12.4 Å². The number of carboxylic acid groups (broad SMARTS) is 1. The number of carboxylic acids is 1. The molecule has 2 heterocycles. The van der Waals surface area contributed by atoms with E-state index in [9.17, 15) is 31.1 Å². The molecule has 108 valence electrons. The zero-order chi connectivity index (χ0) is 15.3. The average molecular weight is 298 g/mol. The second kappa shape index (κ2) is 4.12. The average Bonchev–Trinajstić information content (AvgIpc) is 2.65. The van der Waals surface area contributed by atoms with Crippen LogP contribution in [0.4, 0.5) is 26.3 Å². The molecule has 0 fully saturated rings. The molecule has 0 aliphatic heterocycles. The van der Waals surface area contributed by atoms with E-state index in [0.717, 1.165) is 0 Å². The number of aromatic carboxylic acids is 1. The van der Waals surface area contributed by atoms with Crippen molar-refractivity contribution in [1.29, 1.82) is 0 Å². The van der Waals surface area contributed by atoms with Gasteiger partial charge in [-0.2, -0.15) is 31.4 Å². The van der Waals surface area contributed by atoms with E-state index in [4.69, 9.17) is 5.11 Å². The van der Waals surface area contributed by atoms with Crippen LogP contribution in [0.25, 0.3) is 5.52 Å². The van der Waals surface area contributed by atoms with E-state index in [2.05, 4.69) is 5.10 Å². The molecular weight excluding hydrogens is 294 g/mol. The third kappa shape index (κ3) is 2.28. The molecule has 4 nitrogen and oxygen atoms in total. The topological polar surface area (TPSA) is 54.6 Å². The largest absolute Gasteiger partial charge is 0.478 e. The molecule has 0 amide bonds. The van der Waals surface area contributed by atoms with Gasteiger partial charge in [-0.05, 0) is 12.1 Å². The lowest BCUT2D eigenvalue weighted by atomic mass is 10.1. The van der Waals surface area contributed by atoms with Gasteiger partial charge in [0, 0.05) is 6.20 Å².